The number of hydrogen-bond acceptors (Lipinski definition) is 5. The van der Waals surface area contributed by atoms with E-state index in [1.807, 2.05) is 0 Å². The third kappa shape index (κ3) is 3.31. The maximum atomic E-state index is 13.0. The molecule has 9 nitrogen and oxygen atoms in total. The second-order valence-electron chi connectivity index (χ2n) is 5.83. The van der Waals surface area contributed by atoms with Crippen LogP contribution in [0.2, 0.25) is 0 Å². The molecular weight excluding hydrogens is 328 g/mol. The van der Waals surface area contributed by atoms with Crippen LogP contribution in [0.3, 0.4) is 0 Å². The summed E-state index contributed by atoms with van der Waals surface area (Å²) in [4.78, 5) is 37.3. The molecule has 0 saturated carbocycles. The zero-order valence-corrected chi connectivity index (χ0v) is 13.4. The summed E-state index contributed by atoms with van der Waals surface area (Å²) in [6, 6.07) is 4.66. The van der Waals surface area contributed by atoms with Gasteiger partial charge in [-0.05, 0) is 0 Å². The smallest absolute Gasteiger partial charge is 0.319 e. The summed E-state index contributed by atoms with van der Waals surface area (Å²) in [7, 11) is 0. The zero-order chi connectivity index (χ0) is 18.0. The number of morpholine rings is 1. The van der Waals surface area contributed by atoms with Gasteiger partial charge >= 0.3 is 6.03 Å². The first-order valence-corrected chi connectivity index (χ1v) is 7.85. The van der Waals surface area contributed by atoms with Crippen LogP contribution in [0.25, 0.3) is 0 Å². The average molecular weight is 346 g/mol. The fourth-order valence-electron chi connectivity index (χ4n) is 3.13. The van der Waals surface area contributed by atoms with Crippen LogP contribution in [0.5, 0.6) is 0 Å². The molecule has 2 heterocycles. The van der Waals surface area contributed by atoms with Crippen molar-refractivity contribution in [3.63, 3.8) is 0 Å². The minimum absolute atomic E-state index is 0.151. The first-order chi connectivity index (χ1) is 12.0. The van der Waals surface area contributed by atoms with E-state index >= 15 is 0 Å². The number of hydrogen-bond donors (Lipinski definition) is 2. The molecule has 0 unspecified atom stereocenters. The van der Waals surface area contributed by atoms with Crippen molar-refractivity contribution in [3.05, 3.63) is 52.2 Å². The van der Waals surface area contributed by atoms with Gasteiger partial charge in [0.2, 0.25) is 5.91 Å². The van der Waals surface area contributed by atoms with Crippen molar-refractivity contribution < 1.29 is 19.2 Å². The van der Waals surface area contributed by atoms with E-state index in [1.54, 1.807) is 17.0 Å². The van der Waals surface area contributed by atoms with Gasteiger partial charge in [-0.3, -0.25) is 14.9 Å². The highest BCUT2D eigenvalue weighted by atomic mass is 16.6. The highest BCUT2D eigenvalue weighted by Crippen LogP contribution is 2.35. The number of carbonyl (C=O) groups excluding carboxylic acids is 2. The molecule has 2 fully saturated rings. The van der Waals surface area contributed by atoms with E-state index in [1.165, 1.54) is 12.1 Å². The Morgan fingerprint density at radius 1 is 1.32 bits per heavy atom. The van der Waals surface area contributed by atoms with Crippen LogP contribution in [0, 0.1) is 16.0 Å². The van der Waals surface area contributed by atoms with Crippen molar-refractivity contribution in [2.45, 2.75) is 6.04 Å². The molecule has 9 heteroatoms. The van der Waals surface area contributed by atoms with Crippen LogP contribution in [0.1, 0.15) is 11.6 Å². The number of benzene rings is 1. The number of urea groups is 1. The molecule has 3 rings (SSSR count). The number of amides is 3. The first kappa shape index (κ1) is 16.9. The summed E-state index contributed by atoms with van der Waals surface area (Å²) in [5.74, 6) is -1.08. The number of ether oxygens (including phenoxy) is 1. The van der Waals surface area contributed by atoms with E-state index < -0.39 is 22.9 Å². The number of nitrogens with zero attached hydrogens (tertiary/aromatic N) is 2. The number of rotatable bonds is 3. The molecule has 0 radical (unpaired) electrons. The second-order valence-corrected chi connectivity index (χ2v) is 5.83. The van der Waals surface area contributed by atoms with Crippen LogP contribution in [0.15, 0.2) is 36.5 Å². The third-order valence-corrected chi connectivity index (χ3v) is 4.33. The monoisotopic (exact) mass is 346 g/mol. The van der Waals surface area contributed by atoms with Crippen molar-refractivity contribution in [3.8, 4) is 0 Å². The van der Waals surface area contributed by atoms with E-state index in [-0.39, 0.29) is 22.9 Å². The summed E-state index contributed by atoms with van der Waals surface area (Å²) in [6.45, 7) is 5.52. The van der Waals surface area contributed by atoms with Gasteiger partial charge in [-0.15, -0.1) is 0 Å². The van der Waals surface area contributed by atoms with Crippen LogP contribution in [-0.4, -0.2) is 48.1 Å². The van der Waals surface area contributed by atoms with Gasteiger partial charge in [0, 0.05) is 24.9 Å². The second kappa shape index (κ2) is 6.89. The highest BCUT2D eigenvalue weighted by Gasteiger charge is 2.42. The Morgan fingerprint density at radius 2 is 2.00 bits per heavy atom. The van der Waals surface area contributed by atoms with Crippen LogP contribution in [0.4, 0.5) is 10.5 Å². The summed E-state index contributed by atoms with van der Waals surface area (Å²) in [5.41, 5.74) is 0.348. The third-order valence-electron chi connectivity index (χ3n) is 4.33. The molecule has 0 bridgehead atoms. The summed E-state index contributed by atoms with van der Waals surface area (Å²) in [5, 5.41) is 16.5. The lowest BCUT2D eigenvalue weighted by Crippen LogP contribution is -2.55. The van der Waals surface area contributed by atoms with Gasteiger partial charge in [0.1, 0.15) is 5.92 Å². The van der Waals surface area contributed by atoms with Crippen LogP contribution in [-0.2, 0) is 9.53 Å². The minimum Gasteiger partial charge on any atom is -0.378 e. The summed E-state index contributed by atoms with van der Waals surface area (Å²) >= 11 is 0. The van der Waals surface area contributed by atoms with Gasteiger partial charge in [0.25, 0.3) is 5.69 Å². The molecule has 0 spiro atoms. The molecular formula is C16H18N4O5. The molecule has 2 N–H and O–H groups in total. The average Bonchev–Trinajstić information content (AvgIpc) is 2.61. The van der Waals surface area contributed by atoms with Gasteiger partial charge in [0.05, 0.1) is 29.7 Å². The molecule has 0 aromatic heterocycles. The highest BCUT2D eigenvalue weighted by molar-refractivity contribution is 5.88. The molecule has 3 amide bonds. The Labute approximate surface area is 143 Å². The standard InChI is InChI=1S/C16H18N4O5/c1-10-13(15(21)19-6-8-25-9-7-19)14(18-16(22)17-10)11-4-2-3-5-12(11)20(23)24/h2-5,13-14H,1,6-9H2,(H2,17,18,22)/t13-,14-/m0/s1. The Kier molecular flexibility index (Phi) is 4.66. The van der Waals surface area contributed by atoms with Crippen molar-refractivity contribution in [1.82, 2.24) is 15.5 Å². The lowest BCUT2D eigenvalue weighted by molar-refractivity contribution is -0.385. The summed E-state index contributed by atoms with van der Waals surface area (Å²) < 4.78 is 5.25. The molecule has 2 aliphatic rings. The number of nitro benzene ring substituents is 1. The number of nitrogens with one attached hydrogen (secondary N) is 2. The van der Waals surface area contributed by atoms with Crippen molar-refractivity contribution in [1.29, 1.82) is 0 Å². The Hall–Kier alpha value is -2.94. The van der Waals surface area contributed by atoms with Gasteiger partial charge in [-0.25, -0.2) is 4.79 Å². The lowest BCUT2D eigenvalue weighted by atomic mass is 9.87. The van der Waals surface area contributed by atoms with E-state index in [4.69, 9.17) is 4.74 Å². The van der Waals surface area contributed by atoms with Gasteiger partial charge < -0.3 is 20.3 Å². The molecule has 1 aromatic carbocycles. The van der Waals surface area contributed by atoms with Gasteiger partial charge in [-0.1, -0.05) is 24.8 Å². The molecule has 25 heavy (non-hydrogen) atoms. The zero-order valence-electron chi connectivity index (χ0n) is 13.4. The first-order valence-electron chi connectivity index (χ1n) is 7.85. The van der Waals surface area contributed by atoms with E-state index in [2.05, 4.69) is 17.2 Å². The fraction of sp³-hybridized carbons (Fsp3) is 0.375. The number of nitro groups is 1. The molecule has 2 atom stereocenters. The van der Waals surface area contributed by atoms with Crippen molar-refractivity contribution in [2.24, 2.45) is 5.92 Å². The maximum absolute atomic E-state index is 13.0. The molecule has 1 aromatic rings. The molecule has 132 valence electrons. The number of carbonyl (C=O) groups is 2. The molecule has 2 saturated heterocycles. The predicted molar refractivity (Wildman–Crippen MR) is 87.5 cm³/mol. The van der Waals surface area contributed by atoms with E-state index in [9.17, 15) is 19.7 Å². The predicted octanol–water partition coefficient (Wildman–Crippen LogP) is 0.937. The lowest BCUT2D eigenvalue weighted by Gasteiger charge is -2.37. The van der Waals surface area contributed by atoms with Gasteiger partial charge in [0.15, 0.2) is 0 Å². The minimum atomic E-state index is -0.863. The molecule has 0 aliphatic carbocycles. The fourth-order valence-corrected chi connectivity index (χ4v) is 3.13. The SMILES string of the molecule is C=C1NC(=O)N[C@@H](c2ccccc2[N+](=O)[O-])[C@H]1C(=O)N1CCOCC1. The largest absolute Gasteiger partial charge is 0.378 e. The van der Waals surface area contributed by atoms with E-state index in [0.29, 0.717) is 26.3 Å². The van der Waals surface area contributed by atoms with Crippen molar-refractivity contribution >= 4 is 17.6 Å². The molecule has 2 aliphatic heterocycles. The van der Waals surface area contributed by atoms with Crippen LogP contribution >= 0.6 is 0 Å². The number of para-hydroxylation sites is 1. The van der Waals surface area contributed by atoms with Crippen LogP contribution < -0.4 is 10.6 Å². The van der Waals surface area contributed by atoms with Crippen molar-refractivity contribution in [2.75, 3.05) is 26.3 Å². The quantitative estimate of drug-likeness (QED) is 0.624. The Bertz CT molecular complexity index is 729. The van der Waals surface area contributed by atoms with Gasteiger partial charge in [-0.2, -0.15) is 0 Å². The maximum Gasteiger partial charge on any atom is 0.319 e. The summed E-state index contributed by atoms with van der Waals surface area (Å²) in [6.07, 6.45) is 0. The van der Waals surface area contributed by atoms with E-state index in [0.717, 1.165) is 0 Å². The Morgan fingerprint density at radius 3 is 2.68 bits per heavy atom. The topological polar surface area (TPSA) is 114 Å². The Balaban J connectivity index is 1.99. The normalized spacial score (nSPS) is 23.6.